The number of hydrogen-bond donors (Lipinski definition) is 0. The third-order valence-electron chi connectivity index (χ3n) is 4.87. The number of nitriles is 1. The van der Waals surface area contributed by atoms with Gasteiger partial charge < -0.3 is 9.90 Å². The van der Waals surface area contributed by atoms with Gasteiger partial charge in [0.05, 0.1) is 16.8 Å². The van der Waals surface area contributed by atoms with Gasteiger partial charge in [-0.25, -0.2) is 4.98 Å². The second-order valence-electron chi connectivity index (χ2n) is 6.62. The van der Waals surface area contributed by atoms with Gasteiger partial charge in [-0.2, -0.15) is 5.26 Å². The van der Waals surface area contributed by atoms with Gasteiger partial charge in [-0.3, -0.25) is 0 Å². The summed E-state index contributed by atoms with van der Waals surface area (Å²) in [5.74, 6) is -1.18. The lowest BCUT2D eigenvalue weighted by molar-refractivity contribution is -0.305. The zero-order chi connectivity index (χ0) is 19.5. The number of aryl methyl sites for hydroxylation is 1. The molecule has 0 amide bonds. The number of rotatable bonds is 5. The summed E-state index contributed by atoms with van der Waals surface area (Å²) in [6.07, 6.45) is 3.89. The Morgan fingerprint density at radius 1 is 1.18 bits per heavy atom. The molecule has 0 fully saturated rings. The average Bonchev–Trinajstić information content (AvgIpc) is 3.25. The fourth-order valence-corrected chi connectivity index (χ4v) is 5.44. The Kier molecular flexibility index (Phi) is 5.47. The molecule has 4 nitrogen and oxygen atoms in total. The van der Waals surface area contributed by atoms with Gasteiger partial charge in [-0.05, 0) is 48.3 Å². The first-order valence-corrected chi connectivity index (χ1v) is 10.9. The summed E-state index contributed by atoms with van der Waals surface area (Å²) >= 11 is 2.69. The Morgan fingerprint density at radius 3 is 2.64 bits per heavy atom. The molecular formula is C22H17N2O2S2-. The van der Waals surface area contributed by atoms with Gasteiger partial charge in [0.15, 0.2) is 0 Å². The highest BCUT2D eigenvalue weighted by Gasteiger charge is 2.26. The van der Waals surface area contributed by atoms with E-state index in [0.717, 1.165) is 59.1 Å². The molecule has 1 atom stereocenters. The lowest BCUT2D eigenvalue weighted by Gasteiger charge is -2.23. The smallest absolute Gasteiger partial charge is 0.116 e. The molecule has 2 aromatic heterocycles. The van der Waals surface area contributed by atoms with Gasteiger partial charge in [0, 0.05) is 16.1 Å². The minimum atomic E-state index is -1.18. The van der Waals surface area contributed by atoms with Crippen LogP contribution in [0.15, 0.2) is 52.9 Å². The van der Waals surface area contributed by atoms with Crippen molar-refractivity contribution in [2.24, 2.45) is 0 Å². The monoisotopic (exact) mass is 405 g/mol. The zero-order valence-corrected chi connectivity index (χ0v) is 16.7. The van der Waals surface area contributed by atoms with E-state index in [4.69, 9.17) is 4.98 Å². The number of pyridine rings is 1. The zero-order valence-electron chi connectivity index (χ0n) is 15.1. The summed E-state index contributed by atoms with van der Waals surface area (Å²) < 4.78 is 0. The number of thioether (sulfide) groups is 1. The quantitative estimate of drug-likeness (QED) is 0.596. The lowest BCUT2D eigenvalue weighted by atomic mass is 9.89. The van der Waals surface area contributed by atoms with Gasteiger partial charge in [0.2, 0.25) is 0 Å². The highest BCUT2D eigenvalue weighted by molar-refractivity contribution is 8.00. The normalized spacial score (nSPS) is 14.1. The van der Waals surface area contributed by atoms with E-state index in [0.29, 0.717) is 16.2 Å². The summed E-state index contributed by atoms with van der Waals surface area (Å²) in [6, 6.07) is 15.3. The number of hydrogen-bond acceptors (Lipinski definition) is 6. The summed E-state index contributed by atoms with van der Waals surface area (Å²) in [5.41, 5.74) is 4.15. The molecule has 3 aromatic rings. The largest absolute Gasteiger partial charge is 0.549 e. The number of carbonyl (C=O) groups is 1. The van der Waals surface area contributed by atoms with Crippen LogP contribution in [0.4, 0.5) is 0 Å². The van der Waals surface area contributed by atoms with E-state index in [-0.39, 0.29) is 0 Å². The fourth-order valence-electron chi connectivity index (χ4n) is 3.59. The lowest BCUT2D eigenvalue weighted by Crippen LogP contribution is -2.28. The third-order valence-corrected chi connectivity index (χ3v) is 6.97. The molecule has 0 saturated carbocycles. The van der Waals surface area contributed by atoms with Gasteiger partial charge in [-0.15, -0.1) is 11.3 Å². The van der Waals surface area contributed by atoms with Gasteiger partial charge in [0.25, 0.3) is 0 Å². The number of carbonyl (C=O) groups excluding carboxylic acids is 1. The van der Waals surface area contributed by atoms with Crippen LogP contribution in [0.5, 0.6) is 0 Å². The van der Waals surface area contributed by atoms with E-state index < -0.39 is 11.2 Å². The molecule has 0 spiro atoms. The first-order chi connectivity index (χ1) is 13.7. The molecule has 0 N–H and O–H groups in total. The van der Waals surface area contributed by atoms with Crippen LogP contribution < -0.4 is 5.11 Å². The first kappa shape index (κ1) is 18.7. The van der Waals surface area contributed by atoms with Crippen molar-refractivity contribution >= 4 is 29.1 Å². The molecule has 1 aromatic carbocycles. The van der Waals surface area contributed by atoms with Gasteiger partial charge in [-0.1, -0.05) is 48.2 Å². The number of aromatic nitrogens is 1. The number of carboxylic acids is 1. The van der Waals surface area contributed by atoms with Crippen molar-refractivity contribution in [2.45, 2.75) is 36.0 Å². The van der Waals surface area contributed by atoms with Crippen molar-refractivity contribution in [1.29, 1.82) is 5.26 Å². The van der Waals surface area contributed by atoms with Crippen molar-refractivity contribution in [3.63, 3.8) is 0 Å². The van der Waals surface area contributed by atoms with E-state index in [1.807, 2.05) is 23.6 Å². The molecule has 1 aliphatic carbocycles. The van der Waals surface area contributed by atoms with E-state index in [9.17, 15) is 15.2 Å². The van der Waals surface area contributed by atoms with Gasteiger partial charge >= 0.3 is 0 Å². The Labute approximate surface area is 171 Å². The molecular weight excluding hydrogens is 388 g/mol. The maximum atomic E-state index is 11.9. The van der Waals surface area contributed by atoms with Crippen LogP contribution >= 0.6 is 23.1 Å². The SMILES string of the molecule is N#Cc1c(S[C@H](C(=O)[O-])c2ccccc2)nc2c(c1-c1cccs1)CCCC2. The first-order valence-electron chi connectivity index (χ1n) is 9.11. The van der Waals surface area contributed by atoms with Crippen LogP contribution in [0, 0.1) is 11.3 Å². The maximum Gasteiger partial charge on any atom is 0.116 e. The summed E-state index contributed by atoms with van der Waals surface area (Å²) in [7, 11) is 0. The van der Waals surface area contributed by atoms with E-state index in [2.05, 4.69) is 6.07 Å². The average molecular weight is 406 g/mol. The molecule has 0 radical (unpaired) electrons. The Hall–Kier alpha value is -2.62. The summed E-state index contributed by atoms with van der Waals surface area (Å²) in [6.45, 7) is 0. The second kappa shape index (κ2) is 8.17. The molecule has 0 unspecified atom stereocenters. The van der Waals surface area contributed by atoms with Gasteiger partial charge in [0.1, 0.15) is 11.1 Å². The Morgan fingerprint density at radius 2 is 1.96 bits per heavy atom. The number of fused-ring (bicyclic) bond motifs is 1. The molecule has 6 heteroatoms. The molecule has 140 valence electrons. The highest BCUT2D eigenvalue weighted by atomic mass is 32.2. The number of benzene rings is 1. The summed E-state index contributed by atoms with van der Waals surface area (Å²) in [5, 5.41) is 23.4. The van der Waals surface area contributed by atoms with Crippen LogP contribution in [0.3, 0.4) is 0 Å². The number of aliphatic carboxylic acids is 1. The van der Waals surface area contributed by atoms with Crippen molar-refractivity contribution in [3.05, 3.63) is 70.2 Å². The van der Waals surface area contributed by atoms with Crippen molar-refractivity contribution in [2.75, 3.05) is 0 Å². The molecule has 0 saturated heterocycles. The predicted octanol–water partition coefficient (Wildman–Crippen LogP) is 4.14. The third kappa shape index (κ3) is 3.56. The minimum Gasteiger partial charge on any atom is -0.549 e. The van der Waals surface area contributed by atoms with Crippen LogP contribution in [0.2, 0.25) is 0 Å². The molecule has 1 aliphatic rings. The topological polar surface area (TPSA) is 76.8 Å². The van der Waals surface area contributed by atoms with E-state index >= 15 is 0 Å². The number of carboxylic acid groups (broad SMARTS) is 1. The van der Waals surface area contributed by atoms with Crippen molar-refractivity contribution in [3.8, 4) is 16.5 Å². The Bertz CT molecular complexity index is 1040. The van der Waals surface area contributed by atoms with Crippen LogP contribution in [-0.2, 0) is 17.6 Å². The van der Waals surface area contributed by atoms with Crippen LogP contribution in [0.25, 0.3) is 10.4 Å². The standard InChI is InChI=1S/C22H18N2O2S2/c23-13-16-19(18-11-6-12-27-18)15-9-4-5-10-17(15)24-21(16)28-20(22(25)26)14-7-2-1-3-8-14/h1-3,6-8,11-12,20H,4-5,9-10H2,(H,25,26)/p-1/t20-/m0/s1. The molecule has 0 bridgehead atoms. The molecule has 28 heavy (non-hydrogen) atoms. The van der Waals surface area contributed by atoms with Crippen molar-refractivity contribution in [1.82, 2.24) is 4.98 Å². The maximum absolute atomic E-state index is 11.9. The van der Waals surface area contributed by atoms with Crippen LogP contribution in [-0.4, -0.2) is 11.0 Å². The summed E-state index contributed by atoms with van der Waals surface area (Å²) in [4.78, 5) is 17.7. The second-order valence-corrected chi connectivity index (χ2v) is 8.66. The predicted molar refractivity (Wildman–Crippen MR) is 109 cm³/mol. The Balaban J connectivity index is 1.86. The minimum absolute atomic E-state index is 0.468. The molecule has 4 rings (SSSR count). The van der Waals surface area contributed by atoms with Crippen LogP contribution in [0.1, 0.15) is 40.5 Å². The van der Waals surface area contributed by atoms with E-state index in [1.165, 1.54) is 0 Å². The molecule has 2 heterocycles. The molecule has 0 aliphatic heterocycles. The van der Waals surface area contributed by atoms with E-state index in [1.54, 1.807) is 35.6 Å². The highest BCUT2D eigenvalue weighted by Crippen LogP contribution is 2.43. The fraction of sp³-hybridized carbons (Fsp3) is 0.227. The number of thiophene rings is 1. The number of nitrogens with zero attached hydrogens (tertiary/aromatic N) is 2. The van der Waals surface area contributed by atoms with Crippen molar-refractivity contribution < 1.29 is 9.90 Å².